The summed E-state index contributed by atoms with van der Waals surface area (Å²) in [6, 6.07) is 9.45. The number of alkyl halides is 2. The van der Waals surface area contributed by atoms with E-state index in [9.17, 15) is 18.8 Å². The minimum absolute atomic E-state index is 0.0962. The second-order valence-corrected chi connectivity index (χ2v) is 8.60. The van der Waals surface area contributed by atoms with Gasteiger partial charge in [0, 0.05) is 44.3 Å². The van der Waals surface area contributed by atoms with E-state index in [2.05, 4.69) is 6.07 Å². The van der Waals surface area contributed by atoms with Crippen LogP contribution >= 0.6 is 0 Å². The van der Waals surface area contributed by atoms with Crippen LogP contribution in [0.3, 0.4) is 0 Å². The molecule has 0 saturated carbocycles. The van der Waals surface area contributed by atoms with E-state index in [1.165, 1.54) is 6.07 Å². The van der Waals surface area contributed by atoms with Gasteiger partial charge in [0.05, 0.1) is 17.1 Å². The number of piperidine rings is 2. The van der Waals surface area contributed by atoms with Gasteiger partial charge in [-0.1, -0.05) is 6.07 Å². The Morgan fingerprint density at radius 3 is 2.42 bits per heavy atom. The minimum Gasteiger partial charge on any atom is -0.325 e. The maximum atomic E-state index is 14.5. The van der Waals surface area contributed by atoms with E-state index >= 15 is 0 Å². The minimum atomic E-state index is -1.21. The van der Waals surface area contributed by atoms with Crippen LogP contribution in [0.15, 0.2) is 35.1 Å². The Kier molecular flexibility index (Phi) is 6.34. The second kappa shape index (κ2) is 9.01. The predicted octanol–water partition coefficient (Wildman–Crippen LogP) is 1.11. The lowest BCUT2D eigenvalue weighted by atomic mass is 10.0. The number of hydrogen-bond acceptors (Lipinski definition) is 6. The molecule has 2 fully saturated rings. The Balaban J connectivity index is 1.76. The quantitative estimate of drug-likeness (QED) is 0.753. The first kappa shape index (κ1) is 21.8. The smallest absolute Gasteiger partial charge is 0.252 e. The van der Waals surface area contributed by atoms with Crippen LogP contribution in [0.4, 0.5) is 8.78 Å². The van der Waals surface area contributed by atoms with Crippen molar-refractivity contribution in [2.45, 2.75) is 43.4 Å². The fourth-order valence-corrected chi connectivity index (χ4v) is 4.59. The molecule has 2 saturated heterocycles. The number of hydrogen-bond donors (Lipinski definition) is 2. The number of pyridine rings is 1. The molecule has 0 amide bonds. The molecule has 5 atom stereocenters. The molecule has 2 aliphatic rings. The molecular weight excluding hydrogens is 402 g/mol. The Morgan fingerprint density at radius 1 is 1.06 bits per heavy atom. The van der Waals surface area contributed by atoms with Crippen LogP contribution in [0.1, 0.15) is 24.6 Å². The SMILES string of the molecule is N#Cc1ccc2ccc(=O)n(C(CN3CCC(N)C(F)C3)N3CCC(N)C(F)C3)c2c1. The fourth-order valence-electron chi connectivity index (χ4n) is 4.59. The van der Waals surface area contributed by atoms with E-state index in [-0.39, 0.29) is 18.6 Å². The molecule has 0 radical (unpaired) electrons. The van der Waals surface area contributed by atoms with Crippen LogP contribution < -0.4 is 17.0 Å². The average molecular weight is 431 g/mol. The molecule has 4 rings (SSSR count). The first-order chi connectivity index (χ1) is 14.9. The summed E-state index contributed by atoms with van der Waals surface area (Å²) in [5.74, 6) is 0. The van der Waals surface area contributed by atoms with Gasteiger partial charge in [0.15, 0.2) is 0 Å². The lowest BCUT2D eigenvalue weighted by Gasteiger charge is -2.42. The van der Waals surface area contributed by atoms with Crippen LogP contribution in [0.2, 0.25) is 0 Å². The van der Waals surface area contributed by atoms with Crippen LogP contribution in [0.5, 0.6) is 0 Å². The largest absolute Gasteiger partial charge is 0.325 e. The molecule has 7 nitrogen and oxygen atoms in total. The first-order valence-electron chi connectivity index (χ1n) is 10.7. The first-order valence-corrected chi connectivity index (χ1v) is 10.7. The maximum Gasteiger partial charge on any atom is 0.252 e. The van der Waals surface area contributed by atoms with Crippen LogP contribution in [0.25, 0.3) is 10.9 Å². The molecule has 2 aromatic rings. The van der Waals surface area contributed by atoms with Crippen molar-refractivity contribution in [2.75, 3.05) is 32.7 Å². The molecule has 0 aliphatic carbocycles. The van der Waals surface area contributed by atoms with E-state index < -0.39 is 30.6 Å². The third-order valence-electron chi connectivity index (χ3n) is 6.50. The summed E-state index contributed by atoms with van der Waals surface area (Å²) < 4.78 is 30.5. The highest BCUT2D eigenvalue weighted by Crippen LogP contribution is 2.26. The third kappa shape index (κ3) is 4.48. The molecule has 2 aliphatic heterocycles. The zero-order valence-corrected chi connectivity index (χ0v) is 17.3. The molecule has 4 N–H and O–H groups in total. The number of aromatic nitrogens is 1. The monoisotopic (exact) mass is 430 g/mol. The van der Waals surface area contributed by atoms with Crippen LogP contribution in [-0.2, 0) is 0 Å². The van der Waals surface area contributed by atoms with E-state index in [1.54, 1.807) is 28.8 Å². The van der Waals surface area contributed by atoms with Crippen molar-refractivity contribution in [1.82, 2.24) is 14.4 Å². The molecule has 0 bridgehead atoms. The van der Waals surface area contributed by atoms with Gasteiger partial charge in [0.25, 0.3) is 5.56 Å². The number of fused-ring (bicyclic) bond motifs is 1. The van der Waals surface area contributed by atoms with E-state index in [1.807, 2.05) is 9.80 Å². The number of nitriles is 1. The average Bonchev–Trinajstić information content (AvgIpc) is 2.76. The van der Waals surface area contributed by atoms with Crippen molar-refractivity contribution in [1.29, 1.82) is 5.26 Å². The summed E-state index contributed by atoms with van der Waals surface area (Å²) in [7, 11) is 0. The second-order valence-electron chi connectivity index (χ2n) is 8.60. The predicted molar refractivity (Wildman–Crippen MR) is 115 cm³/mol. The maximum absolute atomic E-state index is 14.5. The van der Waals surface area contributed by atoms with Gasteiger partial charge < -0.3 is 11.5 Å². The molecule has 31 heavy (non-hydrogen) atoms. The summed E-state index contributed by atoms with van der Waals surface area (Å²) >= 11 is 0. The summed E-state index contributed by atoms with van der Waals surface area (Å²) in [4.78, 5) is 16.9. The van der Waals surface area contributed by atoms with Crippen molar-refractivity contribution >= 4 is 10.9 Å². The molecule has 3 heterocycles. The van der Waals surface area contributed by atoms with Gasteiger partial charge in [-0.15, -0.1) is 0 Å². The summed E-state index contributed by atoms with van der Waals surface area (Å²) in [5.41, 5.74) is 12.5. The van der Waals surface area contributed by atoms with Crippen LogP contribution in [-0.4, -0.2) is 71.5 Å². The zero-order valence-electron chi connectivity index (χ0n) is 17.3. The lowest BCUT2D eigenvalue weighted by Crippen LogP contribution is -2.56. The third-order valence-corrected chi connectivity index (χ3v) is 6.50. The Hall–Kier alpha value is -2.38. The van der Waals surface area contributed by atoms with Gasteiger partial charge >= 0.3 is 0 Å². The number of rotatable bonds is 4. The van der Waals surface area contributed by atoms with Gasteiger partial charge in [-0.3, -0.25) is 19.2 Å². The van der Waals surface area contributed by atoms with E-state index in [4.69, 9.17) is 11.5 Å². The summed E-state index contributed by atoms with van der Waals surface area (Å²) in [6.07, 6.45) is -1.88. The summed E-state index contributed by atoms with van der Waals surface area (Å²) in [6.45, 7) is 1.75. The Morgan fingerprint density at radius 2 is 1.74 bits per heavy atom. The van der Waals surface area contributed by atoms with Gasteiger partial charge in [0.2, 0.25) is 0 Å². The lowest BCUT2D eigenvalue weighted by molar-refractivity contribution is 0.0185. The highest BCUT2D eigenvalue weighted by Gasteiger charge is 2.35. The number of halogens is 2. The molecule has 1 aromatic heterocycles. The van der Waals surface area contributed by atoms with E-state index in [0.717, 1.165) is 5.39 Å². The Bertz CT molecular complexity index is 1040. The fraction of sp³-hybridized carbons (Fsp3) is 0.545. The highest BCUT2D eigenvalue weighted by atomic mass is 19.1. The number of likely N-dealkylation sites (tertiary alicyclic amines) is 2. The Labute approximate surface area is 179 Å². The van der Waals surface area contributed by atoms with Crippen LogP contribution in [0, 0.1) is 11.3 Å². The van der Waals surface area contributed by atoms with Crippen molar-refractivity contribution in [3.8, 4) is 6.07 Å². The van der Waals surface area contributed by atoms with Gasteiger partial charge in [-0.05, 0) is 43.0 Å². The van der Waals surface area contributed by atoms with Crippen molar-refractivity contribution < 1.29 is 8.78 Å². The van der Waals surface area contributed by atoms with Gasteiger partial charge in [-0.25, -0.2) is 8.78 Å². The van der Waals surface area contributed by atoms with Crippen molar-refractivity contribution in [2.24, 2.45) is 11.5 Å². The zero-order chi connectivity index (χ0) is 22.1. The number of nitrogens with two attached hydrogens (primary N) is 2. The molecule has 1 aromatic carbocycles. The van der Waals surface area contributed by atoms with E-state index in [0.29, 0.717) is 43.6 Å². The normalized spacial score (nSPS) is 29.0. The highest BCUT2D eigenvalue weighted by molar-refractivity contribution is 5.80. The molecule has 166 valence electrons. The van der Waals surface area contributed by atoms with Gasteiger partial charge in [0.1, 0.15) is 18.5 Å². The van der Waals surface area contributed by atoms with Crippen molar-refractivity contribution in [3.63, 3.8) is 0 Å². The standard InChI is InChI=1S/C22H28F2N6O/c23-16-11-28(7-5-18(16)26)13-21(29-8-6-19(27)17(24)12-29)30-20-9-14(10-25)1-2-15(20)3-4-22(30)31/h1-4,9,16-19,21H,5-8,11-13,26-27H2. The molecule has 0 spiro atoms. The number of nitrogens with zero attached hydrogens (tertiary/aromatic N) is 4. The molecule has 5 unspecified atom stereocenters. The molecular formula is C22H28F2N6O. The van der Waals surface area contributed by atoms with Crippen molar-refractivity contribution in [3.05, 3.63) is 46.2 Å². The molecule has 9 heteroatoms. The van der Waals surface area contributed by atoms with Gasteiger partial charge in [-0.2, -0.15) is 5.26 Å². The topological polar surface area (TPSA) is 104 Å². The summed E-state index contributed by atoms with van der Waals surface area (Å²) in [5, 5.41) is 10.2. The number of benzene rings is 1.